The summed E-state index contributed by atoms with van der Waals surface area (Å²) in [5.41, 5.74) is 0.475. The molecular formula is C15H20BrF2NO4S. The molecule has 2 atom stereocenters. The molecule has 0 spiro atoms. The normalized spacial score (nSPS) is 14.4. The van der Waals surface area contributed by atoms with Crippen LogP contribution in [0.5, 0.6) is 5.75 Å². The largest absolute Gasteiger partial charge is 0.598 e. The van der Waals surface area contributed by atoms with Crippen LogP contribution in [0.2, 0.25) is 0 Å². The van der Waals surface area contributed by atoms with Crippen molar-refractivity contribution in [3.63, 3.8) is 0 Å². The van der Waals surface area contributed by atoms with Crippen molar-refractivity contribution < 1.29 is 27.6 Å². The monoisotopic (exact) mass is 427 g/mol. The van der Waals surface area contributed by atoms with Crippen LogP contribution in [-0.4, -0.2) is 29.0 Å². The maximum absolute atomic E-state index is 12.4. The second-order valence-corrected chi connectivity index (χ2v) is 8.84. The van der Waals surface area contributed by atoms with Crippen molar-refractivity contribution in [2.24, 2.45) is 0 Å². The molecule has 0 aliphatic carbocycles. The molecule has 1 aromatic carbocycles. The number of hydrogen-bond donors (Lipinski definition) is 1. The lowest BCUT2D eigenvalue weighted by molar-refractivity contribution is -0.141. The molecule has 0 fully saturated rings. The summed E-state index contributed by atoms with van der Waals surface area (Å²) >= 11 is 1.74. The van der Waals surface area contributed by atoms with Crippen molar-refractivity contribution in [3.8, 4) is 5.75 Å². The number of ether oxygens (including phenoxy) is 2. The topological polar surface area (TPSA) is 70.6 Å². The summed E-state index contributed by atoms with van der Waals surface area (Å²) in [6.45, 7) is 2.36. The number of esters is 1. The highest BCUT2D eigenvalue weighted by Gasteiger charge is 2.31. The summed E-state index contributed by atoms with van der Waals surface area (Å²) in [7, 11) is 1.24. The van der Waals surface area contributed by atoms with Crippen LogP contribution >= 0.6 is 15.9 Å². The Labute approximate surface area is 151 Å². The Kier molecular flexibility index (Phi) is 7.91. The number of benzene rings is 1. The van der Waals surface area contributed by atoms with Crippen LogP contribution in [0.15, 0.2) is 22.7 Å². The van der Waals surface area contributed by atoms with E-state index in [4.69, 9.17) is 0 Å². The van der Waals surface area contributed by atoms with Gasteiger partial charge in [0.2, 0.25) is 0 Å². The summed E-state index contributed by atoms with van der Waals surface area (Å²) in [5, 5.41) is 0. The van der Waals surface area contributed by atoms with Gasteiger partial charge in [0.15, 0.2) is 0 Å². The van der Waals surface area contributed by atoms with E-state index < -0.39 is 34.7 Å². The van der Waals surface area contributed by atoms with E-state index >= 15 is 0 Å². The molecular weight excluding hydrogens is 408 g/mol. The lowest BCUT2D eigenvalue weighted by atomic mass is 10.0. The van der Waals surface area contributed by atoms with Crippen LogP contribution in [0.3, 0.4) is 0 Å². The number of nitrogens with one attached hydrogen (secondary N) is 1. The number of methoxy groups -OCH3 is 1. The van der Waals surface area contributed by atoms with Gasteiger partial charge >= 0.3 is 12.6 Å². The first-order chi connectivity index (χ1) is 11.0. The lowest BCUT2D eigenvalue weighted by Crippen LogP contribution is -2.41. The third-order valence-electron chi connectivity index (χ3n) is 2.93. The fraction of sp³-hybridized carbons (Fsp3) is 0.533. The number of carbonyl (C=O) groups excluding carboxylic acids is 1. The molecule has 1 unspecified atom stereocenters. The minimum atomic E-state index is -2.97. The molecule has 0 saturated carbocycles. The molecule has 0 saturated heterocycles. The zero-order chi connectivity index (χ0) is 18.5. The Morgan fingerprint density at radius 3 is 2.50 bits per heavy atom. The molecule has 1 aromatic rings. The second kappa shape index (κ2) is 8.98. The van der Waals surface area contributed by atoms with Crippen LogP contribution in [0.4, 0.5) is 8.78 Å². The second-order valence-electron chi connectivity index (χ2n) is 5.93. The highest BCUT2D eigenvalue weighted by molar-refractivity contribution is 9.10. The van der Waals surface area contributed by atoms with Gasteiger partial charge in [-0.15, -0.1) is 4.72 Å². The van der Waals surface area contributed by atoms with Crippen LogP contribution in [0, 0.1) is 0 Å². The SMILES string of the molecule is COC(=O)CC(N[S@+]([O-])C(C)(C)C)c1cc(Br)cc(OC(F)F)c1. The summed E-state index contributed by atoms with van der Waals surface area (Å²) in [6.07, 6.45) is -0.108. The van der Waals surface area contributed by atoms with Gasteiger partial charge in [0, 0.05) is 15.8 Å². The van der Waals surface area contributed by atoms with Crippen molar-refractivity contribution in [2.45, 2.75) is 44.6 Å². The Morgan fingerprint density at radius 2 is 2.00 bits per heavy atom. The number of alkyl halides is 2. The van der Waals surface area contributed by atoms with Gasteiger partial charge in [-0.3, -0.25) is 4.79 Å². The molecule has 0 bridgehead atoms. The van der Waals surface area contributed by atoms with Crippen LogP contribution in [0.25, 0.3) is 0 Å². The van der Waals surface area contributed by atoms with Crippen molar-refractivity contribution in [3.05, 3.63) is 28.2 Å². The van der Waals surface area contributed by atoms with Gasteiger partial charge < -0.3 is 14.0 Å². The van der Waals surface area contributed by atoms with Crippen molar-refractivity contribution in [2.75, 3.05) is 7.11 Å². The Hall–Kier alpha value is -0.900. The van der Waals surface area contributed by atoms with Crippen molar-refractivity contribution >= 4 is 33.3 Å². The van der Waals surface area contributed by atoms with Gasteiger partial charge in [-0.25, -0.2) is 0 Å². The molecule has 136 valence electrons. The van der Waals surface area contributed by atoms with Gasteiger partial charge in [-0.2, -0.15) is 8.78 Å². The predicted octanol–water partition coefficient (Wildman–Crippen LogP) is 3.71. The first-order valence-corrected chi connectivity index (χ1v) is 8.97. The van der Waals surface area contributed by atoms with Crippen LogP contribution in [0.1, 0.15) is 38.8 Å². The summed E-state index contributed by atoms with van der Waals surface area (Å²) in [5.74, 6) is -0.581. The Bertz CT molecular complexity index is 569. The lowest BCUT2D eigenvalue weighted by Gasteiger charge is -2.28. The highest BCUT2D eigenvalue weighted by atomic mass is 79.9. The molecule has 1 N–H and O–H groups in total. The van der Waals surface area contributed by atoms with Gasteiger partial charge in [0.25, 0.3) is 0 Å². The number of hydrogen-bond acceptors (Lipinski definition) is 5. The number of halogens is 3. The third-order valence-corrected chi connectivity index (χ3v) is 4.99. The average Bonchev–Trinajstić information content (AvgIpc) is 2.43. The average molecular weight is 428 g/mol. The van der Waals surface area contributed by atoms with E-state index in [1.807, 2.05) is 0 Å². The molecule has 0 amide bonds. The summed E-state index contributed by atoms with van der Waals surface area (Å²) in [6, 6.07) is 3.71. The molecule has 5 nitrogen and oxygen atoms in total. The van der Waals surface area contributed by atoms with E-state index in [0.717, 1.165) is 0 Å². The van der Waals surface area contributed by atoms with E-state index in [0.29, 0.717) is 10.0 Å². The zero-order valence-corrected chi connectivity index (χ0v) is 16.2. The Balaban J connectivity index is 3.13. The standard InChI is InChI=1S/C15H20BrF2NO4S/c1-15(2,3)24(21)19-12(8-13(20)22-4)9-5-10(16)7-11(6-9)23-14(17)18/h5-7,12,14,19H,8H2,1-4H3/t12?,24-/m1/s1. The molecule has 0 aromatic heterocycles. The van der Waals surface area contributed by atoms with Crippen molar-refractivity contribution in [1.29, 1.82) is 0 Å². The molecule has 1 rings (SSSR count). The quantitative estimate of drug-likeness (QED) is 0.530. The molecule has 24 heavy (non-hydrogen) atoms. The zero-order valence-electron chi connectivity index (χ0n) is 13.8. The fourth-order valence-electron chi connectivity index (χ4n) is 1.74. The third kappa shape index (κ3) is 6.92. The number of rotatable bonds is 7. The maximum atomic E-state index is 12.4. The van der Waals surface area contributed by atoms with Gasteiger partial charge in [0.05, 0.1) is 19.6 Å². The highest BCUT2D eigenvalue weighted by Crippen LogP contribution is 2.30. The van der Waals surface area contributed by atoms with E-state index in [1.54, 1.807) is 26.8 Å². The predicted molar refractivity (Wildman–Crippen MR) is 91.2 cm³/mol. The molecule has 0 heterocycles. The molecule has 0 radical (unpaired) electrons. The summed E-state index contributed by atoms with van der Waals surface area (Å²) in [4.78, 5) is 11.7. The Morgan fingerprint density at radius 1 is 1.38 bits per heavy atom. The van der Waals surface area contributed by atoms with E-state index in [2.05, 4.69) is 30.1 Å². The minimum Gasteiger partial charge on any atom is -0.598 e. The van der Waals surface area contributed by atoms with Crippen LogP contribution in [-0.2, 0) is 20.9 Å². The van der Waals surface area contributed by atoms with E-state index in [-0.39, 0.29) is 12.2 Å². The molecule has 0 aliphatic heterocycles. The fourth-order valence-corrected chi connectivity index (χ4v) is 3.06. The van der Waals surface area contributed by atoms with Gasteiger partial charge in [-0.1, -0.05) is 15.9 Å². The number of carbonyl (C=O) groups is 1. The van der Waals surface area contributed by atoms with E-state index in [1.165, 1.54) is 19.2 Å². The first-order valence-electron chi connectivity index (χ1n) is 7.03. The molecule has 9 heteroatoms. The minimum absolute atomic E-state index is 0.0624. The molecule has 0 aliphatic rings. The van der Waals surface area contributed by atoms with E-state index in [9.17, 15) is 18.1 Å². The van der Waals surface area contributed by atoms with Gasteiger partial charge in [0.1, 0.15) is 10.5 Å². The van der Waals surface area contributed by atoms with Crippen LogP contribution < -0.4 is 9.46 Å². The van der Waals surface area contributed by atoms with Gasteiger partial charge in [-0.05, 0) is 44.5 Å². The maximum Gasteiger partial charge on any atom is 0.387 e. The summed E-state index contributed by atoms with van der Waals surface area (Å²) < 4.78 is 49.1. The smallest absolute Gasteiger partial charge is 0.387 e. The first kappa shape index (κ1) is 21.1. The van der Waals surface area contributed by atoms with Crippen molar-refractivity contribution in [1.82, 2.24) is 4.72 Å².